The molecule has 0 saturated heterocycles. The Morgan fingerprint density at radius 3 is 2.40 bits per heavy atom. The van der Waals surface area contributed by atoms with Crippen molar-refractivity contribution >= 4 is 23.1 Å². The van der Waals surface area contributed by atoms with E-state index < -0.39 is 24.6 Å². The number of fused-ring (bicyclic) bond motifs is 1. The molecule has 0 bridgehead atoms. The number of halogens is 1. The van der Waals surface area contributed by atoms with Gasteiger partial charge in [0.2, 0.25) is 0 Å². The summed E-state index contributed by atoms with van der Waals surface area (Å²) in [5, 5.41) is 37.3. The van der Waals surface area contributed by atoms with Gasteiger partial charge in [0.25, 0.3) is 0 Å². The molecule has 1 aliphatic rings. The standard InChI is InChI=1S/C31H32FN3O4.Na/c1-18(2)29-25(15-14-23(36)16-24(37)17-26(38)39)27(19-10-12-21(32)13-11-19)28-30(20-8-9-20)34-35(31(28)33-29)22-6-4-3-5-7-22;/h3-7,10-15,18,20,23-24,36-37H,8-9,16-17H2,1-2H3,(H,38,39);/q;+1/p-1/b15-14+;. The molecule has 4 aromatic rings. The Balaban J connectivity index is 0.00000370. The minimum Gasteiger partial charge on any atom is -0.550 e. The summed E-state index contributed by atoms with van der Waals surface area (Å²) in [5.74, 6) is -1.43. The van der Waals surface area contributed by atoms with Crippen molar-refractivity contribution in [1.29, 1.82) is 0 Å². The second kappa shape index (κ2) is 12.7. The third-order valence-corrected chi connectivity index (χ3v) is 6.96. The Morgan fingerprint density at radius 1 is 1.12 bits per heavy atom. The van der Waals surface area contributed by atoms with Crippen LogP contribution in [0.2, 0.25) is 0 Å². The Labute approximate surface area is 254 Å². The van der Waals surface area contributed by atoms with Crippen molar-refractivity contribution in [3.63, 3.8) is 0 Å². The number of nitrogens with zero attached hydrogens (tertiary/aromatic N) is 3. The predicted octanol–water partition coefficient (Wildman–Crippen LogP) is 1.50. The van der Waals surface area contributed by atoms with Crippen LogP contribution in [0.3, 0.4) is 0 Å². The number of para-hydroxylation sites is 1. The molecule has 0 spiro atoms. The Bertz CT molecular complexity index is 1520. The number of carboxylic acids is 1. The Kier molecular flexibility index (Phi) is 9.59. The molecule has 0 radical (unpaired) electrons. The number of carbonyl (C=O) groups excluding carboxylic acids is 1. The summed E-state index contributed by atoms with van der Waals surface area (Å²) in [5.41, 5.74) is 5.75. The third-order valence-electron chi connectivity index (χ3n) is 6.96. The number of hydrogen-bond donors (Lipinski definition) is 2. The van der Waals surface area contributed by atoms with Gasteiger partial charge in [0.1, 0.15) is 5.82 Å². The molecule has 1 saturated carbocycles. The fourth-order valence-corrected chi connectivity index (χ4v) is 4.96. The molecule has 2 aromatic carbocycles. The van der Waals surface area contributed by atoms with Crippen molar-refractivity contribution in [3.8, 4) is 16.8 Å². The number of aromatic nitrogens is 3. The largest absolute Gasteiger partial charge is 1.00 e. The maximum Gasteiger partial charge on any atom is 1.00 e. The average molecular weight is 552 g/mol. The fourth-order valence-electron chi connectivity index (χ4n) is 4.96. The van der Waals surface area contributed by atoms with Gasteiger partial charge in [0.05, 0.1) is 34.7 Å². The fraction of sp³-hybridized carbons (Fsp3) is 0.323. The van der Waals surface area contributed by atoms with E-state index in [0.29, 0.717) is 11.6 Å². The maximum absolute atomic E-state index is 14.0. The number of rotatable bonds is 10. The first-order valence-corrected chi connectivity index (χ1v) is 13.2. The first-order chi connectivity index (χ1) is 18.7. The van der Waals surface area contributed by atoms with Crippen LogP contribution in [-0.4, -0.2) is 43.2 Å². The van der Waals surface area contributed by atoms with Crippen LogP contribution in [0.1, 0.15) is 68.3 Å². The normalized spacial score (nSPS) is 14.9. The van der Waals surface area contributed by atoms with Crippen molar-refractivity contribution < 1.29 is 54.1 Å². The number of benzene rings is 2. The molecule has 202 valence electrons. The molecule has 1 aliphatic carbocycles. The van der Waals surface area contributed by atoms with E-state index in [1.165, 1.54) is 12.1 Å². The van der Waals surface area contributed by atoms with E-state index in [4.69, 9.17) is 10.1 Å². The second-order valence-electron chi connectivity index (χ2n) is 10.4. The van der Waals surface area contributed by atoms with Gasteiger partial charge in [-0.3, -0.25) is 0 Å². The SMILES string of the molecule is CC(C)c1nc2c(c(C3CC3)nn2-c2ccccc2)c(-c2ccc(F)cc2)c1/C=C/C(O)CC(O)CC(=O)[O-].[Na+]. The zero-order chi connectivity index (χ0) is 27.7. The molecule has 40 heavy (non-hydrogen) atoms. The van der Waals surface area contributed by atoms with Gasteiger partial charge in [-0.15, -0.1) is 0 Å². The van der Waals surface area contributed by atoms with Gasteiger partial charge < -0.3 is 20.1 Å². The summed E-state index contributed by atoms with van der Waals surface area (Å²) in [6, 6.07) is 16.2. The minimum absolute atomic E-state index is 0. The number of carbonyl (C=O) groups is 1. The van der Waals surface area contributed by atoms with Crippen molar-refractivity contribution in [2.24, 2.45) is 0 Å². The zero-order valence-electron chi connectivity index (χ0n) is 22.9. The molecule has 1 fully saturated rings. The molecule has 2 unspecified atom stereocenters. The van der Waals surface area contributed by atoms with Crippen LogP contribution in [0.4, 0.5) is 4.39 Å². The monoisotopic (exact) mass is 551 g/mol. The number of carboxylic acid groups (broad SMARTS) is 1. The van der Waals surface area contributed by atoms with Crippen molar-refractivity contribution in [2.45, 2.75) is 63.6 Å². The van der Waals surface area contributed by atoms with E-state index in [1.54, 1.807) is 24.3 Å². The Morgan fingerprint density at radius 2 is 1.80 bits per heavy atom. The number of hydrogen-bond acceptors (Lipinski definition) is 6. The average Bonchev–Trinajstić information content (AvgIpc) is 3.67. The molecule has 2 aromatic heterocycles. The molecule has 2 atom stereocenters. The van der Waals surface area contributed by atoms with Crippen LogP contribution in [0, 0.1) is 5.82 Å². The summed E-state index contributed by atoms with van der Waals surface area (Å²) in [6.07, 6.45) is 2.33. The van der Waals surface area contributed by atoms with Crippen molar-refractivity contribution in [2.75, 3.05) is 0 Å². The summed E-state index contributed by atoms with van der Waals surface area (Å²) in [4.78, 5) is 15.9. The van der Waals surface area contributed by atoms with Gasteiger partial charge in [-0.1, -0.05) is 56.3 Å². The predicted molar refractivity (Wildman–Crippen MR) is 146 cm³/mol. The molecule has 0 amide bonds. The molecular weight excluding hydrogens is 520 g/mol. The molecule has 5 rings (SSSR count). The number of aliphatic hydroxyl groups excluding tert-OH is 2. The van der Waals surface area contributed by atoms with Gasteiger partial charge in [0, 0.05) is 35.9 Å². The van der Waals surface area contributed by atoms with Crippen LogP contribution in [-0.2, 0) is 4.79 Å². The van der Waals surface area contributed by atoms with Crippen molar-refractivity contribution in [3.05, 3.63) is 83.4 Å². The molecular formula is C31H31FN3NaO4. The molecule has 9 heteroatoms. The quantitative estimate of drug-likeness (QED) is 0.289. The zero-order valence-corrected chi connectivity index (χ0v) is 24.9. The van der Waals surface area contributed by atoms with Gasteiger partial charge in [-0.2, -0.15) is 5.10 Å². The van der Waals surface area contributed by atoms with Crippen LogP contribution in [0.5, 0.6) is 0 Å². The number of pyridine rings is 1. The van der Waals surface area contributed by atoms with Crippen LogP contribution in [0.25, 0.3) is 33.9 Å². The first kappa shape index (κ1) is 30.1. The van der Waals surface area contributed by atoms with Crippen LogP contribution in [0.15, 0.2) is 60.7 Å². The molecule has 0 aliphatic heterocycles. The summed E-state index contributed by atoms with van der Waals surface area (Å²) >= 11 is 0. The molecule has 2 heterocycles. The van der Waals surface area contributed by atoms with E-state index in [1.807, 2.05) is 48.9 Å². The third kappa shape index (κ3) is 6.53. The summed E-state index contributed by atoms with van der Waals surface area (Å²) in [7, 11) is 0. The van der Waals surface area contributed by atoms with Crippen molar-refractivity contribution in [1.82, 2.24) is 14.8 Å². The van der Waals surface area contributed by atoms with E-state index in [9.17, 15) is 24.5 Å². The van der Waals surface area contributed by atoms with E-state index in [0.717, 1.165) is 52.0 Å². The summed E-state index contributed by atoms with van der Waals surface area (Å²) < 4.78 is 15.9. The van der Waals surface area contributed by atoms with Crippen LogP contribution < -0.4 is 34.7 Å². The van der Waals surface area contributed by atoms with Gasteiger partial charge in [-0.25, -0.2) is 14.1 Å². The van der Waals surface area contributed by atoms with E-state index in [-0.39, 0.29) is 47.7 Å². The molecule has 2 N–H and O–H groups in total. The number of aliphatic hydroxyl groups is 2. The first-order valence-electron chi connectivity index (χ1n) is 13.2. The second-order valence-corrected chi connectivity index (χ2v) is 10.4. The Hall–Kier alpha value is -2.88. The smallest absolute Gasteiger partial charge is 0.550 e. The van der Waals surface area contributed by atoms with Gasteiger partial charge in [-0.05, 0) is 48.6 Å². The topological polar surface area (TPSA) is 111 Å². The number of aliphatic carboxylic acids is 1. The maximum atomic E-state index is 14.0. The minimum atomic E-state index is -1.38. The van der Waals surface area contributed by atoms with Gasteiger partial charge >= 0.3 is 29.6 Å². The van der Waals surface area contributed by atoms with E-state index in [2.05, 4.69) is 0 Å². The summed E-state index contributed by atoms with van der Waals surface area (Å²) in [6.45, 7) is 4.07. The molecule has 7 nitrogen and oxygen atoms in total. The van der Waals surface area contributed by atoms with Gasteiger partial charge in [0.15, 0.2) is 5.65 Å². The van der Waals surface area contributed by atoms with E-state index >= 15 is 0 Å². The van der Waals surface area contributed by atoms with Crippen LogP contribution >= 0.6 is 0 Å².